The van der Waals surface area contributed by atoms with Crippen molar-refractivity contribution in [1.82, 2.24) is 14.2 Å². The van der Waals surface area contributed by atoms with Crippen LogP contribution in [0.25, 0.3) is 0 Å². The first kappa shape index (κ1) is 16.0. The second-order valence-electron chi connectivity index (χ2n) is 7.40. The van der Waals surface area contributed by atoms with Gasteiger partial charge in [0.1, 0.15) is 0 Å². The number of piperidine rings is 1. The molecule has 4 rings (SSSR count). The summed E-state index contributed by atoms with van der Waals surface area (Å²) in [6.07, 6.45) is 7.66. The number of hydrogen-bond donors (Lipinski definition) is 0. The fourth-order valence-electron chi connectivity index (χ4n) is 4.07. The van der Waals surface area contributed by atoms with Crippen molar-refractivity contribution in [3.63, 3.8) is 0 Å². The second-order valence-corrected chi connectivity index (χ2v) is 9.61. The van der Waals surface area contributed by atoms with E-state index in [1.54, 1.807) is 28.8 Å². The summed E-state index contributed by atoms with van der Waals surface area (Å²) in [6, 6.07) is 3.56. The van der Waals surface area contributed by atoms with Gasteiger partial charge in [0.05, 0.1) is 10.8 Å². The van der Waals surface area contributed by atoms with E-state index in [4.69, 9.17) is 0 Å². The average Bonchev–Trinajstić information content (AvgIpc) is 3.39. The van der Waals surface area contributed by atoms with Crippen LogP contribution in [0.4, 0.5) is 0 Å². The van der Waals surface area contributed by atoms with Crippen LogP contribution < -0.4 is 0 Å². The highest BCUT2D eigenvalue weighted by molar-refractivity contribution is 7.90. The lowest BCUT2D eigenvalue weighted by atomic mass is 9.79. The standard InChI is InChI=1S/C17H23N3O3S/c21-16(14-3-1-8-18-11-14)19-9-2-6-17(12-19)7-10-20(13-17)24(22,23)15-4-5-15/h1,3,8,11,15H,2,4-7,9-10,12-13H2/t17-/m0/s1. The summed E-state index contributed by atoms with van der Waals surface area (Å²) in [7, 11) is -3.11. The first-order valence-corrected chi connectivity index (χ1v) is 10.2. The van der Waals surface area contributed by atoms with Gasteiger partial charge in [-0.05, 0) is 44.2 Å². The van der Waals surface area contributed by atoms with Crippen LogP contribution in [0.1, 0.15) is 42.5 Å². The van der Waals surface area contributed by atoms with Crippen molar-refractivity contribution >= 4 is 15.9 Å². The van der Waals surface area contributed by atoms with Gasteiger partial charge in [0, 0.05) is 44.0 Å². The van der Waals surface area contributed by atoms with Gasteiger partial charge >= 0.3 is 0 Å². The minimum atomic E-state index is -3.11. The molecule has 3 fully saturated rings. The Morgan fingerprint density at radius 1 is 1.21 bits per heavy atom. The Kier molecular flexibility index (Phi) is 3.88. The van der Waals surface area contributed by atoms with Crippen molar-refractivity contribution in [2.45, 2.75) is 37.4 Å². The van der Waals surface area contributed by atoms with E-state index < -0.39 is 10.0 Å². The number of carbonyl (C=O) groups is 1. The monoisotopic (exact) mass is 349 g/mol. The molecule has 0 aromatic carbocycles. The maximum Gasteiger partial charge on any atom is 0.255 e. The fourth-order valence-corrected chi connectivity index (χ4v) is 6.03. The number of pyridine rings is 1. The van der Waals surface area contributed by atoms with Crippen LogP contribution in [0.15, 0.2) is 24.5 Å². The van der Waals surface area contributed by atoms with Crippen molar-refractivity contribution in [3.8, 4) is 0 Å². The van der Waals surface area contributed by atoms with E-state index in [1.807, 2.05) is 4.90 Å². The summed E-state index contributed by atoms with van der Waals surface area (Å²) in [4.78, 5) is 18.6. The molecule has 3 aliphatic rings. The van der Waals surface area contributed by atoms with E-state index in [9.17, 15) is 13.2 Å². The van der Waals surface area contributed by atoms with Gasteiger partial charge in [-0.1, -0.05) is 0 Å². The average molecular weight is 349 g/mol. The maximum absolute atomic E-state index is 12.7. The molecule has 1 saturated carbocycles. The summed E-state index contributed by atoms with van der Waals surface area (Å²) < 4.78 is 26.7. The number of aromatic nitrogens is 1. The zero-order valence-electron chi connectivity index (χ0n) is 13.7. The molecule has 1 spiro atoms. The molecule has 1 aromatic heterocycles. The summed E-state index contributed by atoms with van der Waals surface area (Å²) >= 11 is 0. The van der Waals surface area contributed by atoms with Crippen LogP contribution in [0.2, 0.25) is 0 Å². The molecule has 1 atom stereocenters. The van der Waals surface area contributed by atoms with Gasteiger partial charge in [-0.15, -0.1) is 0 Å². The molecule has 2 saturated heterocycles. The Bertz CT molecular complexity index is 733. The molecule has 1 aliphatic carbocycles. The van der Waals surface area contributed by atoms with Crippen LogP contribution >= 0.6 is 0 Å². The van der Waals surface area contributed by atoms with Crippen molar-refractivity contribution in [1.29, 1.82) is 0 Å². The van der Waals surface area contributed by atoms with Gasteiger partial charge in [-0.3, -0.25) is 9.78 Å². The van der Waals surface area contributed by atoms with Crippen LogP contribution in [0, 0.1) is 5.41 Å². The van der Waals surface area contributed by atoms with E-state index in [0.29, 0.717) is 25.2 Å². The van der Waals surface area contributed by atoms with Crippen molar-refractivity contribution in [3.05, 3.63) is 30.1 Å². The lowest BCUT2D eigenvalue weighted by Gasteiger charge is -2.40. The number of rotatable bonds is 3. The fraction of sp³-hybridized carbons (Fsp3) is 0.647. The maximum atomic E-state index is 12.7. The number of carbonyl (C=O) groups excluding carboxylic acids is 1. The Balaban J connectivity index is 1.48. The third-order valence-corrected chi connectivity index (χ3v) is 7.91. The van der Waals surface area contributed by atoms with Crippen molar-refractivity contribution < 1.29 is 13.2 Å². The predicted molar refractivity (Wildman–Crippen MR) is 89.9 cm³/mol. The molecular weight excluding hydrogens is 326 g/mol. The topological polar surface area (TPSA) is 70.6 Å². The number of sulfonamides is 1. The normalized spacial score (nSPS) is 28.4. The number of likely N-dealkylation sites (tertiary alicyclic amines) is 1. The van der Waals surface area contributed by atoms with Crippen LogP contribution in [-0.2, 0) is 10.0 Å². The molecule has 0 unspecified atom stereocenters. The Labute approximate surface area is 142 Å². The summed E-state index contributed by atoms with van der Waals surface area (Å²) in [5, 5.41) is -0.149. The first-order valence-electron chi connectivity index (χ1n) is 8.69. The van der Waals surface area contributed by atoms with Gasteiger partial charge in [-0.25, -0.2) is 12.7 Å². The Morgan fingerprint density at radius 2 is 2.04 bits per heavy atom. The first-order chi connectivity index (χ1) is 11.5. The van der Waals surface area contributed by atoms with E-state index in [-0.39, 0.29) is 16.6 Å². The molecular formula is C17H23N3O3S. The predicted octanol–water partition coefficient (Wildman–Crippen LogP) is 1.50. The number of nitrogens with zero attached hydrogens (tertiary/aromatic N) is 3. The third kappa shape index (κ3) is 2.84. The van der Waals surface area contributed by atoms with Gasteiger partial charge in [-0.2, -0.15) is 0 Å². The molecule has 130 valence electrons. The Hall–Kier alpha value is -1.47. The number of hydrogen-bond acceptors (Lipinski definition) is 4. The molecule has 3 heterocycles. The lowest BCUT2D eigenvalue weighted by molar-refractivity contribution is 0.0543. The van der Waals surface area contributed by atoms with Gasteiger partial charge in [0.2, 0.25) is 10.0 Å². The highest BCUT2D eigenvalue weighted by Gasteiger charge is 2.49. The SMILES string of the molecule is O=C(c1cccnc1)N1CCC[C@]2(CCN(S(=O)(=O)C3CC3)C2)C1. The van der Waals surface area contributed by atoms with Crippen molar-refractivity contribution in [2.75, 3.05) is 26.2 Å². The molecule has 1 amide bonds. The summed E-state index contributed by atoms with van der Waals surface area (Å²) in [5.41, 5.74) is 0.535. The lowest BCUT2D eigenvalue weighted by Crippen LogP contribution is -2.48. The molecule has 0 N–H and O–H groups in total. The number of amides is 1. The van der Waals surface area contributed by atoms with E-state index >= 15 is 0 Å². The largest absolute Gasteiger partial charge is 0.338 e. The smallest absolute Gasteiger partial charge is 0.255 e. The van der Waals surface area contributed by atoms with E-state index in [1.165, 1.54) is 0 Å². The Morgan fingerprint density at radius 3 is 2.75 bits per heavy atom. The van der Waals surface area contributed by atoms with E-state index in [0.717, 1.165) is 38.6 Å². The molecule has 1 aromatic rings. The molecule has 6 nitrogen and oxygen atoms in total. The zero-order chi connectivity index (χ0) is 16.8. The van der Waals surface area contributed by atoms with Crippen LogP contribution in [0.5, 0.6) is 0 Å². The van der Waals surface area contributed by atoms with Gasteiger partial charge < -0.3 is 4.90 Å². The molecule has 24 heavy (non-hydrogen) atoms. The van der Waals surface area contributed by atoms with Gasteiger partial charge in [0.25, 0.3) is 5.91 Å². The summed E-state index contributed by atoms with van der Waals surface area (Å²) in [6.45, 7) is 2.57. The third-order valence-electron chi connectivity index (χ3n) is 5.57. The highest BCUT2D eigenvalue weighted by atomic mass is 32.2. The highest BCUT2D eigenvalue weighted by Crippen LogP contribution is 2.42. The molecule has 0 radical (unpaired) electrons. The summed E-state index contributed by atoms with van der Waals surface area (Å²) in [5.74, 6) is 0.00525. The van der Waals surface area contributed by atoms with Crippen molar-refractivity contribution in [2.24, 2.45) is 5.41 Å². The second kappa shape index (κ2) is 5.81. The quantitative estimate of drug-likeness (QED) is 0.829. The van der Waals surface area contributed by atoms with E-state index in [2.05, 4.69) is 4.98 Å². The van der Waals surface area contributed by atoms with Crippen LogP contribution in [-0.4, -0.2) is 59.9 Å². The van der Waals surface area contributed by atoms with Crippen LogP contribution in [0.3, 0.4) is 0 Å². The van der Waals surface area contributed by atoms with Gasteiger partial charge in [0.15, 0.2) is 0 Å². The molecule has 7 heteroatoms. The molecule has 0 bridgehead atoms. The molecule has 2 aliphatic heterocycles. The minimum Gasteiger partial charge on any atom is -0.338 e. The minimum absolute atomic E-state index is 0.00525. The zero-order valence-corrected chi connectivity index (χ0v) is 14.5.